The smallest absolute Gasteiger partial charge is 0.258 e. The molecule has 1 saturated carbocycles. The highest BCUT2D eigenvalue weighted by Crippen LogP contribution is 2.45. The van der Waals surface area contributed by atoms with E-state index in [9.17, 15) is 4.79 Å². The van der Waals surface area contributed by atoms with Gasteiger partial charge in [0.1, 0.15) is 17.8 Å². The third kappa shape index (κ3) is 2.92. The van der Waals surface area contributed by atoms with Crippen molar-refractivity contribution in [2.24, 2.45) is 0 Å². The van der Waals surface area contributed by atoms with Crippen molar-refractivity contribution in [1.82, 2.24) is 14.5 Å². The Labute approximate surface area is 156 Å². The van der Waals surface area contributed by atoms with Crippen molar-refractivity contribution in [2.75, 3.05) is 17.3 Å². The lowest BCUT2D eigenvalue weighted by atomic mass is 10.2. The van der Waals surface area contributed by atoms with Crippen molar-refractivity contribution in [3.05, 3.63) is 47.9 Å². The van der Waals surface area contributed by atoms with Crippen LogP contribution in [-0.2, 0) is 11.3 Å². The van der Waals surface area contributed by atoms with Crippen molar-refractivity contribution >= 4 is 40.2 Å². The minimum atomic E-state index is -0.197. The predicted molar refractivity (Wildman–Crippen MR) is 106 cm³/mol. The fraction of sp³-hybridized carbons (Fsp3) is 0.316. The molecular weight excluding hydrogens is 346 g/mol. The topological polar surface area (TPSA) is 85.8 Å². The van der Waals surface area contributed by atoms with E-state index in [2.05, 4.69) is 33.0 Å². The summed E-state index contributed by atoms with van der Waals surface area (Å²) in [6.45, 7) is 2.16. The summed E-state index contributed by atoms with van der Waals surface area (Å²) in [6.07, 6.45) is 7.52. The zero-order valence-electron chi connectivity index (χ0n) is 14.8. The summed E-state index contributed by atoms with van der Waals surface area (Å²) in [5.41, 5.74) is 9.30. The molecule has 1 aliphatic rings. The molecular formula is C19H21N5OS. The number of hydrogen-bond acceptors (Lipinski definition) is 5. The van der Waals surface area contributed by atoms with Crippen LogP contribution in [-0.4, -0.2) is 26.7 Å². The van der Waals surface area contributed by atoms with E-state index in [4.69, 9.17) is 5.73 Å². The van der Waals surface area contributed by atoms with E-state index in [-0.39, 0.29) is 11.4 Å². The van der Waals surface area contributed by atoms with Crippen LogP contribution in [0.25, 0.3) is 11.0 Å². The van der Waals surface area contributed by atoms with Crippen LogP contribution in [0.5, 0.6) is 0 Å². The van der Waals surface area contributed by atoms with Gasteiger partial charge < -0.3 is 15.6 Å². The number of carbonyl (C=O) groups is 1. The quantitative estimate of drug-likeness (QED) is 0.719. The molecule has 2 heterocycles. The molecule has 3 aromatic rings. The number of nitrogens with two attached hydrogens (primary N) is 1. The molecule has 0 saturated heterocycles. The fourth-order valence-electron chi connectivity index (χ4n) is 3.14. The Kier molecular flexibility index (Phi) is 4.11. The van der Waals surface area contributed by atoms with Crippen LogP contribution in [0, 0.1) is 0 Å². The minimum Gasteiger partial charge on any atom is -0.383 e. The van der Waals surface area contributed by atoms with Gasteiger partial charge in [0.25, 0.3) is 5.91 Å². The van der Waals surface area contributed by atoms with E-state index in [0.717, 1.165) is 29.9 Å². The molecule has 0 aliphatic heterocycles. The number of nitrogens with zero attached hydrogens (tertiary/aromatic N) is 3. The zero-order valence-corrected chi connectivity index (χ0v) is 15.6. The van der Waals surface area contributed by atoms with Crippen LogP contribution in [0.2, 0.25) is 0 Å². The molecule has 0 atom stereocenters. The highest BCUT2D eigenvalue weighted by molar-refractivity contribution is 7.97. The summed E-state index contributed by atoms with van der Waals surface area (Å²) in [7, 11) is 0. The number of anilines is 2. The van der Waals surface area contributed by atoms with Gasteiger partial charge in [-0.3, -0.25) is 4.79 Å². The normalized spacial score (nSPS) is 15.2. The van der Waals surface area contributed by atoms with Crippen molar-refractivity contribution < 1.29 is 4.79 Å². The van der Waals surface area contributed by atoms with Crippen molar-refractivity contribution in [3.8, 4) is 0 Å². The van der Waals surface area contributed by atoms with Crippen molar-refractivity contribution in [1.29, 1.82) is 0 Å². The molecule has 26 heavy (non-hydrogen) atoms. The number of nitrogens with one attached hydrogen (secondary N) is 1. The molecule has 1 aliphatic carbocycles. The Balaban J connectivity index is 1.68. The first-order valence-electron chi connectivity index (χ1n) is 8.53. The first-order valence-corrected chi connectivity index (χ1v) is 9.92. The number of fused-ring (bicyclic) bond motifs is 1. The lowest BCUT2D eigenvalue weighted by Crippen LogP contribution is -2.13. The van der Waals surface area contributed by atoms with Gasteiger partial charge in [0, 0.05) is 23.2 Å². The maximum atomic E-state index is 12.9. The van der Waals surface area contributed by atoms with Crippen LogP contribution in [0.4, 0.5) is 11.5 Å². The van der Waals surface area contributed by atoms with Crippen LogP contribution < -0.4 is 11.1 Å². The minimum absolute atomic E-state index is 0.0110. The van der Waals surface area contributed by atoms with Crippen molar-refractivity contribution in [3.63, 3.8) is 0 Å². The number of nitrogen functional groups attached to an aromatic ring is 1. The molecule has 7 heteroatoms. The number of benzene rings is 1. The van der Waals surface area contributed by atoms with Gasteiger partial charge in [-0.15, -0.1) is 0 Å². The Morgan fingerprint density at radius 3 is 2.69 bits per heavy atom. The first kappa shape index (κ1) is 16.9. The number of hydrogen-bond donors (Lipinski definition) is 2. The molecule has 0 bridgehead atoms. The van der Waals surface area contributed by atoms with Gasteiger partial charge in [-0.05, 0) is 43.7 Å². The van der Waals surface area contributed by atoms with E-state index in [1.54, 1.807) is 11.8 Å². The van der Waals surface area contributed by atoms with Gasteiger partial charge in [-0.2, -0.15) is 11.8 Å². The molecule has 4 rings (SSSR count). The Morgan fingerprint density at radius 1 is 1.31 bits per heavy atom. The van der Waals surface area contributed by atoms with Gasteiger partial charge in [-0.1, -0.05) is 12.1 Å². The summed E-state index contributed by atoms with van der Waals surface area (Å²) in [5, 5.41) is 3.58. The van der Waals surface area contributed by atoms with Gasteiger partial charge >= 0.3 is 0 Å². The molecule has 0 spiro atoms. The van der Waals surface area contributed by atoms with E-state index >= 15 is 0 Å². The molecule has 2 aromatic heterocycles. The van der Waals surface area contributed by atoms with Crippen LogP contribution >= 0.6 is 11.8 Å². The molecule has 1 fully saturated rings. The third-order valence-corrected chi connectivity index (χ3v) is 5.56. The summed E-state index contributed by atoms with van der Waals surface area (Å²) < 4.78 is 2.07. The third-order valence-electron chi connectivity index (χ3n) is 4.93. The standard InChI is InChI=1S/C19H21N5OS/c1-19(7-8-19)24-9-14(15-16(20)21-11-22-17(15)24)18(25)23-13-5-3-12(4-6-13)10-26-2/h3-6,9,11H,7-8,10H2,1-2H3,(H,23,25)(H2,20,21,22). The SMILES string of the molecule is CSCc1ccc(NC(=O)c2cn(C3(C)CC3)c3ncnc(N)c23)cc1. The Bertz CT molecular complexity index is 976. The lowest BCUT2D eigenvalue weighted by Gasteiger charge is -2.11. The van der Waals surface area contributed by atoms with Gasteiger partial charge in [-0.25, -0.2) is 9.97 Å². The van der Waals surface area contributed by atoms with Crippen molar-refractivity contribution in [2.45, 2.75) is 31.1 Å². The molecule has 1 amide bonds. The average Bonchev–Trinajstić information content (AvgIpc) is 3.23. The van der Waals surface area contributed by atoms with Gasteiger partial charge in [0.05, 0.1) is 10.9 Å². The van der Waals surface area contributed by atoms with Crippen LogP contribution in [0.3, 0.4) is 0 Å². The Hall–Kier alpha value is -2.54. The molecule has 0 unspecified atom stereocenters. The zero-order chi connectivity index (χ0) is 18.3. The fourth-order valence-corrected chi connectivity index (χ4v) is 3.67. The molecule has 6 nitrogen and oxygen atoms in total. The maximum Gasteiger partial charge on any atom is 0.258 e. The number of rotatable bonds is 5. The Morgan fingerprint density at radius 2 is 2.04 bits per heavy atom. The molecule has 134 valence electrons. The molecule has 1 aromatic carbocycles. The van der Waals surface area contributed by atoms with Gasteiger partial charge in [0.15, 0.2) is 0 Å². The second-order valence-electron chi connectivity index (χ2n) is 6.95. The largest absolute Gasteiger partial charge is 0.383 e. The average molecular weight is 367 g/mol. The monoisotopic (exact) mass is 367 g/mol. The highest BCUT2D eigenvalue weighted by Gasteiger charge is 2.41. The van der Waals surface area contributed by atoms with E-state index in [1.165, 1.54) is 11.9 Å². The number of aromatic nitrogens is 3. The number of thioether (sulfide) groups is 1. The number of amides is 1. The summed E-state index contributed by atoms with van der Waals surface area (Å²) in [4.78, 5) is 21.4. The highest BCUT2D eigenvalue weighted by atomic mass is 32.2. The molecule has 0 radical (unpaired) electrons. The predicted octanol–water partition coefficient (Wildman–Crippen LogP) is 3.64. The summed E-state index contributed by atoms with van der Waals surface area (Å²) in [6, 6.07) is 7.89. The maximum absolute atomic E-state index is 12.9. The molecule has 3 N–H and O–H groups in total. The second-order valence-corrected chi connectivity index (χ2v) is 7.82. The lowest BCUT2D eigenvalue weighted by molar-refractivity contribution is 0.102. The van der Waals surface area contributed by atoms with Gasteiger partial charge in [0.2, 0.25) is 0 Å². The van der Waals surface area contributed by atoms with Crippen LogP contribution in [0.1, 0.15) is 35.7 Å². The van der Waals surface area contributed by atoms with Crippen LogP contribution in [0.15, 0.2) is 36.8 Å². The summed E-state index contributed by atoms with van der Waals surface area (Å²) in [5.74, 6) is 1.09. The number of carbonyl (C=O) groups excluding carboxylic acids is 1. The van der Waals surface area contributed by atoms with E-state index in [0.29, 0.717) is 16.8 Å². The first-order chi connectivity index (χ1) is 12.5. The van der Waals surface area contributed by atoms with E-state index in [1.807, 2.05) is 30.5 Å². The van der Waals surface area contributed by atoms with E-state index < -0.39 is 0 Å². The summed E-state index contributed by atoms with van der Waals surface area (Å²) >= 11 is 1.77. The second kappa shape index (κ2) is 6.32.